The second kappa shape index (κ2) is 10.6. The maximum atomic E-state index is 13.0. The normalized spacial score (nSPS) is 12.0. The molecule has 8 heteroatoms. The van der Waals surface area contributed by atoms with Gasteiger partial charge in [-0.2, -0.15) is 0 Å². The number of carbonyl (C=O) groups excluding carboxylic acids is 2. The highest BCUT2D eigenvalue weighted by Crippen LogP contribution is 2.33. The lowest BCUT2D eigenvalue weighted by molar-refractivity contribution is -0.120. The van der Waals surface area contributed by atoms with Gasteiger partial charge in [0.2, 0.25) is 0 Å². The van der Waals surface area contributed by atoms with Gasteiger partial charge in [0.05, 0.1) is 0 Å². The number of carbonyl (C=O) groups is 2. The smallest absolute Gasteiger partial charge is 0.191 e. The Kier molecular flexibility index (Phi) is 7.37. The Labute approximate surface area is 202 Å². The number of Topliss-reactive ketones (excluding diaryl/α,β-unsaturated/α-hetero) is 2. The van der Waals surface area contributed by atoms with Gasteiger partial charge >= 0.3 is 0 Å². The number of ketones is 2. The predicted molar refractivity (Wildman–Crippen MR) is 132 cm³/mol. The molecule has 7 nitrogen and oxygen atoms in total. The van der Waals surface area contributed by atoms with Crippen molar-refractivity contribution in [3.63, 3.8) is 0 Å². The van der Waals surface area contributed by atoms with Gasteiger partial charge < -0.3 is 9.30 Å². The van der Waals surface area contributed by atoms with Crippen LogP contribution in [0.25, 0.3) is 10.8 Å². The Morgan fingerprint density at radius 1 is 1.12 bits per heavy atom. The van der Waals surface area contributed by atoms with E-state index in [1.165, 1.54) is 0 Å². The highest BCUT2D eigenvalue weighted by Gasteiger charge is 2.14. The molecule has 0 aliphatic rings. The minimum Gasteiger partial charge on any atom is -0.486 e. The molecule has 0 radical (unpaired) electrons. The summed E-state index contributed by atoms with van der Waals surface area (Å²) >= 11 is 1.62. The summed E-state index contributed by atoms with van der Waals surface area (Å²) < 4.78 is 7.46. The molecule has 0 aliphatic carbocycles. The molecule has 0 aliphatic heterocycles. The van der Waals surface area contributed by atoms with Crippen molar-refractivity contribution in [2.45, 2.75) is 37.1 Å². The molecule has 34 heavy (non-hydrogen) atoms. The number of rotatable bonds is 10. The average Bonchev–Trinajstić information content (AvgIpc) is 3.26. The molecule has 174 valence electrons. The third-order valence-electron chi connectivity index (χ3n) is 5.51. The van der Waals surface area contributed by atoms with E-state index in [1.54, 1.807) is 36.4 Å². The van der Waals surface area contributed by atoms with Crippen molar-refractivity contribution >= 4 is 34.1 Å². The molecule has 0 saturated heterocycles. The van der Waals surface area contributed by atoms with Crippen LogP contribution in [0.1, 0.15) is 47.1 Å². The van der Waals surface area contributed by atoms with Gasteiger partial charge in [0.15, 0.2) is 16.7 Å². The first-order valence-electron chi connectivity index (χ1n) is 11.1. The molecule has 0 unspecified atom stereocenters. The molecule has 0 amide bonds. The van der Waals surface area contributed by atoms with Gasteiger partial charge in [0.25, 0.3) is 0 Å². The lowest BCUT2D eigenvalue weighted by Gasteiger charge is -2.12. The summed E-state index contributed by atoms with van der Waals surface area (Å²) in [6.45, 7) is 3.96. The zero-order valence-corrected chi connectivity index (χ0v) is 20.2. The van der Waals surface area contributed by atoms with E-state index in [0.29, 0.717) is 17.9 Å². The van der Waals surface area contributed by atoms with E-state index in [-0.39, 0.29) is 29.8 Å². The number of nitrogens with zero attached hydrogens (tertiary/aromatic N) is 4. The van der Waals surface area contributed by atoms with Crippen molar-refractivity contribution in [2.75, 3.05) is 6.61 Å². The molecule has 0 saturated carbocycles. The van der Waals surface area contributed by atoms with Crippen LogP contribution in [0.4, 0.5) is 0 Å². The fourth-order valence-electron chi connectivity index (χ4n) is 3.46. The third kappa shape index (κ3) is 5.69. The van der Waals surface area contributed by atoms with Gasteiger partial charge in [0, 0.05) is 36.7 Å². The summed E-state index contributed by atoms with van der Waals surface area (Å²) in [5, 5.41) is 10.8. The quantitative estimate of drug-likeness (QED) is 0.236. The molecule has 1 atom stereocenters. The van der Waals surface area contributed by atoms with E-state index in [0.717, 1.165) is 27.1 Å². The minimum absolute atomic E-state index is 0.0391. The van der Waals surface area contributed by atoms with Crippen LogP contribution in [0, 0.1) is 0 Å². The highest BCUT2D eigenvalue weighted by atomic mass is 32.2. The van der Waals surface area contributed by atoms with E-state index in [2.05, 4.69) is 34.2 Å². The van der Waals surface area contributed by atoms with Gasteiger partial charge in [0.1, 0.15) is 24.4 Å². The molecule has 2 aromatic heterocycles. The minimum atomic E-state index is -0.0554. The first-order valence-corrected chi connectivity index (χ1v) is 12.0. The largest absolute Gasteiger partial charge is 0.486 e. The van der Waals surface area contributed by atoms with Crippen LogP contribution in [0.15, 0.2) is 66.2 Å². The molecule has 2 aromatic carbocycles. The van der Waals surface area contributed by atoms with Gasteiger partial charge in [-0.05, 0) is 47.7 Å². The maximum absolute atomic E-state index is 13.0. The van der Waals surface area contributed by atoms with E-state index < -0.39 is 0 Å². The van der Waals surface area contributed by atoms with Crippen molar-refractivity contribution in [1.29, 1.82) is 0 Å². The Morgan fingerprint density at radius 3 is 2.74 bits per heavy atom. The summed E-state index contributed by atoms with van der Waals surface area (Å²) in [6, 6.07) is 15.3. The Bertz CT molecular complexity index is 1330. The number of aryl methyl sites for hydroxylation is 1. The van der Waals surface area contributed by atoms with Crippen LogP contribution in [0.2, 0.25) is 0 Å². The Hall–Kier alpha value is -3.52. The number of thioether (sulfide) groups is 1. The molecule has 4 aromatic rings. The second-order valence-electron chi connectivity index (χ2n) is 8.09. The second-order valence-corrected chi connectivity index (χ2v) is 9.40. The molecule has 0 spiro atoms. The summed E-state index contributed by atoms with van der Waals surface area (Å²) in [5.74, 6) is 0.582. The molecular weight excluding hydrogens is 448 g/mol. The van der Waals surface area contributed by atoms with Crippen molar-refractivity contribution in [2.24, 2.45) is 7.05 Å². The number of fused-ring (bicyclic) bond motifs is 1. The van der Waals surface area contributed by atoms with Crippen molar-refractivity contribution < 1.29 is 14.3 Å². The van der Waals surface area contributed by atoms with E-state index >= 15 is 0 Å². The summed E-state index contributed by atoms with van der Waals surface area (Å²) in [7, 11) is 1.92. The Morgan fingerprint density at radius 2 is 1.97 bits per heavy atom. The van der Waals surface area contributed by atoms with Crippen LogP contribution in [-0.4, -0.2) is 37.9 Å². The molecule has 0 N–H and O–H groups in total. The Balaban J connectivity index is 1.47. The molecule has 4 rings (SSSR count). The van der Waals surface area contributed by atoms with Gasteiger partial charge in [-0.25, -0.2) is 0 Å². The number of hydrogen-bond acceptors (Lipinski definition) is 7. The highest BCUT2D eigenvalue weighted by molar-refractivity contribution is 7.99. The van der Waals surface area contributed by atoms with Gasteiger partial charge in [-0.3, -0.25) is 14.6 Å². The molecule has 0 fully saturated rings. The first kappa shape index (κ1) is 23.6. The number of pyridine rings is 1. The average molecular weight is 475 g/mol. The number of aromatic nitrogens is 4. The van der Waals surface area contributed by atoms with Crippen LogP contribution < -0.4 is 4.74 Å². The fourth-order valence-corrected chi connectivity index (χ4v) is 4.37. The standard InChI is InChI=1S/C26H26N4O3S/c1-4-22(31)15-33-23-9-8-20-14-27-24(13-21(20)12-23)25(32)11-18-6-5-7-19(10-18)17(2)34-26-29-28-16-30(26)3/h5-10,12-14,16-17H,4,11,15H2,1-3H3/t17-/m1/s1. The molecular formula is C26H26N4O3S. The van der Waals surface area contributed by atoms with E-state index in [1.807, 2.05) is 42.8 Å². The van der Waals surface area contributed by atoms with E-state index in [9.17, 15) is 9.59 Å². The lowest BCUT2D eigenvalue weighted by Crippen LogP contribution is -2.09. The third-order valence-corrected chi connectivity index (χ3v) is 6.72. The van der Waals surface area contributed by atoms with E-state index in [4.69, 9.17) is 4.74 Å². The van der Waals surface area contributed by atoms with Crippen molar-refractivity contribution in [3.05, 3.63) is 77.9 Å². The van der Waals surface area contributed by atoms with Crippen LogP contribution in [0.3, 0.4) is 0 Å². The SMILES string of the molecule is CCC(=O)COc1ccc2cnc(C(=O)Cc3cccc([C@@H](C)Sc4nncn4C)c3)cc2c1. The summed E-state index contributed by atoms with van der Waals surface area (Å²) in [5.41, 5.74) is 2.46. The van der Waals surface area contributed by atoms with Crippen LogP contribution in [0.5, 0.6) is 5.75 Å². The fraction of sp³-hybridized carbons (Fsp3) is 0.269. The maximum Gasteiger partial charge on any atom is 0.191 e. The number of hydrogen-bond donors (Lipinski definition) is 0. The van der Waals surface area contributed by atoms with Gasteiger partial charge in [-0.1, -0.05) is 43.0 Å². The van der Waals surface area contributed by atoms with Crippen LogP contribution in [-0.2, 0) is 18.3 Å². The first-order chi connectivity index (χ1) is 16.4. The summed E-state index contributed by atoms with van der Waals surface area (Å²) in [6.07, 6.45) is 4.07. The predicted octanol–water partition coefficient (Wildman–Crippen LogP) is 5.00. The number of benzene rings is 2. The molecule has 0 bridgehead atoms. The lowest BCUT2D eigenvalue weighted by atomic mass is 10.0. The zero-order valence-electron chi connectivity index (χ0n) is 19.4. The van der Waals surface area contributed by atoms with Gasteiger partial charge in [-0.15, -0.1) is 10.2 Å². The van der Waals surface area contributed by atoms with Crippen molar-refractivity contribution in [3.8, 4) is 5.75 Å². The molecule has 2 heterocycles. The van der Waals surface area contributed by atoms with Crippen LogP contribution >= 0.6 is 11.8 Å². The monoisotopic (exact) mass is 474 g/mol. The zero-order chi connectivity index (χ0) is 24.1. The topological polar surface area (TPSA) is 87.0 Å². The summed E-state index contributed by atoms with van der Waals surface area (Å²) in [4.78, 5) is 28.9. The number of ether oxygens (including phenoxy) is 1. The van der Waals surface area contributed by atoms with Crippen molar-refractivity contribution in [1.82, 2.24) is 19.7 Å².